The van der Waals surface area contributed by atoms with Crippen LogP contribution in [0.15, 0.2) is 53.3 Å². The van der Waals surface area contributed by atoms with Gasteiger partial charge in [0.2, 0.25) is 12.7 Å². The summed E-state index contributed by atoms with van der Waals surface area (Å²) in [6.07, 6.45) is 0. The molecule has 2 aromatic carbocycles. The van der Waals surface area contributed by atoms with Gasteiger partial charge in [0, 0.05) is 17.3 Å². The molecule has 4 rings (SSSR count). The van der Waals surface area contributed by atoms with Crippen molar-refractivity contribution in [2.75, 3.05) is 12.1 Å². The molecule has 142 valence electrons. The molecule has 1 N–H and O–H groups in total. The Morgan fingerprint density at radius 2 is 1.96 bits per heavy atom. The molecule has 0 radical (unpaired) electrons. The molecule has 0 fully saturated rings. The van der Waals surface area contributed by atoms with Crippen LogP contribution in [0, 0.1) is 5.82 Å². The molecule has 1 amide bonds. The standard InChI is InChI=1S/C19H13ClFN3O4/c20-13-8-12(2-3-14(13)21)22-18(25)9-24-19(26)6-4-15(23-24)11-1-5-16-17(7-11)28-10-27-16/h1-8H,9-10H2,(H,22,25). The number of carbonyl (C=O) groups is 1. The van der Waals surface area contributed by atoms with Crippen LogP contribution in [-0.2, 0) is 11.3 Å². The van der Waals surface area contributed by atoms with Gasteiger partial charge in [0.25, 0.3) is 5.56 Å². The van der Waals surface area contributed by atoms with Gasteiger partial charge in [-0.2, -0.15) is 5.10 Å². The highest BCUT2D eigenvalue weighted by atomic mass is 35.5. The second-order valence-corrected chi connectivity index (χ2v) is 6.37. The number of halogens is 2. The molecule has 1 aliphatic rings. The van der Waals surface area contributed by atoms with E-state index in [-0.39, 0.29) is 18.4 Å². The van der Waals surface area contributed by atoms with E-state index >= 15 is 0 Å². The Morgan fingerprint density at radius 1 is 1.14 bits per heavy atom. The lowest BCUT2D eigenvalue weighted by atomic mass is 10.1. The lowest BCUT2D eigenvalue weighted by Crippen LogP contribution is -2.29. The highest BCUT2D eigenvalue weighted by molar-refractivity contribution is 6.31. The molecule has 3 aromatic rings. The zero-order chi connectivity index (χ0) is 19.7. The van der Waals surface area contributed by atoms with E-state index in [9.17, 15) is 14.0 Å². The van der Waals surface area contributed by atoms with Gasteiger partial charge in [-0.1, -0.05) is 11.6 Å². The lowest BCUT2D eigenvalue weighted by molar-refractivity contribution is -0.117. The van der Waals surface area contributed by atoms with Gasteiger partial charge in [0.05, 0.1) is 10.7 Å². The summed E-state index contributed by atoms with van der Waals surface area (Å²) in [4.78, 5) is 24.3. The van der Waals surface area contributed by atoms with Crippen molar-refractivity contribution >= 4 is 23.2 Å². The molecular formula is C19H13ClFN3O4. The van der Waals surface area contributed by atoms with E-state index < -0.39 is 17.3 Å². The number of rotatable bonds is 4. The van der Waals surface area contributed by atoms with Crippen molar-refractivity contribution in [3.8, 4) is 22.8 Å². The van der Waals surface area contributed by atoms with E-state index in [1.54, 1.807) is 24.3 Å². The molecule has 9 heteroatoms. The fourth-order valence-corrected chi connectivity index (χ4v) is 2.86. The van der Waals surface area contributed by atoms with E-state index in [0.717, 1.165) is 10.7 Å². The lowest BCUT2D eigenvalue weighted by Gasteiger charge is -2.09. The second-order valence-electron chi connectivity index (χ2n) is 5.96. The summed E-state index contributed by atoms with van der Waals surface area (Å²) in [5.74, 6) is 0.131. The van der Waals surface area contributed by atoms with Crippen LogP contribution in [0.3, 0.4) is 0 Å². The topological polar surface area (TPSA) is 82.5 Å². The van der Waals surface area contributed by atoms with Crippen LogP contribution < -0.4 is 20.3 Å². The second kappa shape index (κ2) is 7.32. The molecule has 0 aliphatic carbocycles. The van der Waals surface area contributed by atoms with Gasteiger partial charge in [-0.25, -0.2) is 9.07 Å². The minimum atomic E-state index is -0.589. The number of anilines is 1. The number of benzene rings is 2. The summed E-state index contributed by atoms with van der Waals surface area (Å²) in [7, 11) is 0. The van der Waals surface area contributed by atoms with Crippen molar-refractivity contribution in [3.63, 3.8) is 0 Å². The van der Waals surface area contributed by atoms with Crippen molar-refractivity contribution in [3.05, 3.63) is 69.7 Å². The van der Waals surface area contributed by atoms with Crippen molar-refractivity contribution in [2.24, 2.45) is 0 Å². The Labute approximate surface area is 163 Å². The normalized spacial score (nSPS) is 12.1. The number of fused-ring (bicyclic) bond motifs is 1. The third kappa shape index (κ3) is 3.67. The summed E-state index contributed by atoms with van der Waals surface area (Å²) in [5.41, 5.74) is 1.09. The first-order valence-corrected chi connectivity index (χ1v) is 8.60. The maximum absolute atomic E-state index is 13.2. The number of amides is 1. The van der Waals surface area contributed by atoms with Crippen LogP contribution >= 0.6 is 11.6 Å². The molecule has 0 spiro atoms. The molecule has 1 aromatic heterocycles. The third-order valence-electron chi connectivity index (χ3n) is 4.03. The van der Waals surface area contributed by atoms with E-state index in [1.165, 1.54) is 18.2 Å². The predicted octanol–water partition coefficient (Wildman–Crippen LogP) is 3.07. The first kappa shape index (κ1) is 18.0. The highest BCUT2D eigenvalue weighted by Gasteiger charge is 2.15. The Morgan fingerprint density at radius 3 is 2.79 bits per heavy atom. The summed E-state index contributed by atoms with van der Waals surface area (Å²) in [5, 5.41) is 6.68. The Bertz CT molecular complexity index is 1130. The third-order valence-corrected chi connectivity index (χ3v) is 4.32. The summed E-state index contributed by atoms with van der Waals surface area (Å²) < 4.78 is 24.9. The van der Waals surface area contributed by atoms with Crippen LogP contribution in [0.2, 0.25) is 5.02 Å². The van der Waals surface area contributed by atoms with Crippen molar-refractivity contribution in [1.82, 2.24) is 9.78 Å². The summed E-state index contributed by atoms with van der Waals surface area (Å²) in [6, 6.07) is 12.0. The Hall–Kier alpha value is -3.39. The van der Waals surface area contributed by atoms with E-state index in [2.05, 4.69) is 10.4 Å². The van der Waals surface area contributed by atoms with Crippen molar-refractivity contribution in [2.45, 2.75) is 6.54 Å². The van der Waals surface area contributed by atoms with Gasteiger partial charge in [-0.15, -0.1) is 0 Å². The molecule has 7 nitrogen and oxygen atoms in total. The number of ether oxygens (including phenoxy) is 2. The van der Waals surface area contributed by atoms with Crippen LogP contribution in [0.1, 0.15) is 0 Å². The highest BCUT2D eigenvalue weighted by Crippen LogP contribution is 2.35. The van der Waals surface area contributed by atoms with Gasteiger partial charge >= 0.3 is 0 Å². The van der Waals surface area contributed by atoms with Gasteiger partial charge in [0.1, 0.15) is 12.4 Å². The molecule has 28 heavy (non-hydrogen) atoms. The fourth-order valence-electron chi connectivity index (χ4n) is 2.68. The number of hydrogen-bond acceptors (Lipinski definition) is 5. The van der Waals surface area contributed by atoms with Gasteiger partial charge in [0.15, 0.2) is 11.5 Å². The number of carbonyl (C=O) groups excluding carboxylic acids is 1. The first-order chi connectivity index (χ1) is 13.5. The maximum Gasteiger partial charge on any atom is 0.267 e. The SMILES string of the molecule is O=C(Cn1nc(-c2ccc3c(c2)OCO3)ccc1=O)Nc1ccc(F)c(Cl)c1. The molecule has 2 heterocycles. The summed E-state index contributed by atoms with van der Waals surface area (Å²) >= 11 is 5.70. The van der Waals surface area contributed by atoms with Crippen LogP contribution in [0.4, 0.5) is 10.1 Å². The number of aromatic nitrogens is 2. The number of nitrogens with zero attached hydrogens (tertiary/aromatic N) is 2. The molecule has 1 aliphatic heterocycles. The Balaban J connectivity index is 1.54. The average Bonchev–Trinajstić information content (AvgIpc) is 3.14. The van der Waals surface area contributed by atoms with Gasteiger partial charge < -0.3 is 14.8 Å². The average molecular weight is 402 g/mol. The van der Waals surface area contributed by atoms with Crippen LogP contribution in [0.5, 0.6) is 11.5 Å². The van der Waals surface area contributed by atoms with E-state index in [1.807, 2.05) is 0 Å². The zero-order valence-electron chi connectivity index (χ0n) is 14.3. The van der Waals surface area contributed by atoms with E-state index in [4.69, 9.17) is 21.1 Å². The van der Waals surface area contributed by atoms with Gasteiger partial charge in [-0.05, 0) is 42.5 Å². The first-order valence-electron chi connectivity index (χ1n) is 8.23. The molecule has 0 unspecified atom stereocenters. The van der Waals surface area contributed by atoms with Crippen LogP contribution in [0.25, 0.3) is 11.3 Å². The van der Waals surface area contributed by atoms with Crippen LogP contribution in [-0.4, -0.2) is 22.5 Å². The number of nitrogens with one attached hydrogen (secondary N) is 1. The predicted molar refractivity (Wildman–Crippen MR) is 100 cm³/mol. The minimum absolute atomic E-state index is 0.113. The largest absolute Gasteiger partial charge is 0.454 e. The number of hydrogen-bond donors (Lipinski definition) is 1. The molecule has 0 bridgehead atoms. The Kier molecular flexibility index (Phi) is 4.70. The molecule has 0 atom stereocenters. The smallest absolute Gasteiger partial charge is 0.267 e. The van der Waals surface area contributed by atoms with Crippen molar-refractivity contribution in [1.29, 1.82) is 0 Å². The van der Waals surface area contributed by atoms with Crippen molar-refractivity contribution < 1.29 is 18.7 Å². The maximum atomic E-state index is 13.2. The quantitative estimate of drug-likeness (QED) is 0.726. The molecular weight excluding hydrogens is 389 g/mol. The fraction of sp³-hybridized carbons (Fsp3) is 0.105. The van der Waals surface area contributed by atoms with Gasteiger partial charge in [-0.3, -0.25) is 9.59 Å². The molecule has 0 saturated heterocycles. The van der Waals surface area contributed by atoms with E-state index in [0.29, 0.717) is 28.4 Å². The molecule has 0 saturated carbocycles. The minimum Gasteiger partial charge on any atom is -0.454 e. The zero-order valence-corrected chi connectivity index (χ0v) is 15.1. The monoisotopic (exact) mass is 401 g/mol. The summed E-state index contributed by atoms with van der Waals surface area (Å²) in [6.45, 7) is -0.161.